The van der Waals surface area contributed by atoms with Crippen molar-refractivity contribution >= 4 is 63.2 Å². The van der Waals surface area contributed by atoms with Crippen LogP contribution in [-0.2, 0) is 20.9 Å². The number of fused-ring (bicyclic) bond motifs is 3. The Balaban J connectivity index is 1.34. The van der Waals surface area contributed by atoms with Gasteiger partial charge in [0.2, 0.25) is 11.8 Å². The lowest BCUT2D eigenvalue weighted by Crippen LogP contribution is -2.43. The van der Waals surface area contributed by atoms with Gasteiger partial charge in [-0.25, -0.2) is 9.89 Å². The summed E-state index contributed by atoms with van der Waals surface area (Å²) in [5.74, 6) is 0.282. The van der Waals surface area contributed by atoms with Gasteiger partial charge in [-0.15, -0.1) is 11.3 Å². The molecule has 0 aliphatic carbocycles. The topological polar surface area (TPSA) is 112 Å². The van der Waals surface area contributed by atoms with Crippen molar-refractivity contribution in [3.05, 3.63) is 76.5 Å². The minimum absolute atomic E-state index is 0.0716. The smallest absolute Gasteiger partial charge is 0.259 e. The van der Waals surface area contributed by atoms with Crippen molar-refractivity contribution in [2.45, 2.75) is 37.6 Å². The summed E-state index contributed by atoms with van der Waals surface area (Å²) in [4.78, 5) is 51.3. The van der Waals surface area contributed by atoms with E-state index in [-0.39, 0.29) is 24.1 Å². The van der Waals surface area contributed by atoms with E-state index in [1.165, 1.54) is 16.7 Å². The maximum atomic E-state index is 13.6. The first kappa shape index (κ1) is 26.6. The van der Waals surface area contributed by atoms with Crippen molar-refractivity contribution in [3.63, 3.8) is 0 Å². The van der Waals surface area contributed by atoms with Crippen LogP contribution < -0.4 is 15.4 Å². The second-order valence-corrected chi connectivity index (χ2v) is 11.1. The van der Waals surface area contributed by atoms with E-state index in [9.17, 15) is 14.4 Å². The number of para-hydroxylation sites is 1. The molecule has 3 aromatic rings. The summed E-state index contributed by atoms with van der Waals surface area (Å²) in [6.45, 7) is 2.31. The van der Waals surface area contributed by atoms with Crippen LogP contribution >= 0.6 is 23.1 Å². The SMILES string of the molecule is CC[C@H](SC1=Nc2ccccc2C2=N[C@H](CC(=O)NCc3cccs3)C(=O)N12)C(=O)Nc1cccc(OC)c1. The molecule has 0 saturated carbocycles. The zero-order chi connectivity index (χ0) is 27.4. The van der Waals surface area contributed by atoms with Gasteiger partial charge in [-0.3, -0.25) is 19.4 Å². The lowest BCUT2D eigenvalue weighted by Gasteiger charge is -2.27. The summed E-state index contributed by atoms with van der Waals surface area (Å²) in [6.07, 6.45) is 0.433. The van der Waals surface area contributed by atoms with E-state index in [1.54, 1.807) is 42.7 Å². The fraction of sp³-hybridized carbons (Fsp3) is 0.250. The quantitative estimate of drug-likeness (QED) is 0.397. The Bertz CT molecular complexity index is 1450. The molecule has 2 aliphatic rings. The van der Waals surface area contributed by atoms with Crippen molar-refractivity contribution in [3.8, 4) is 5.75 Å². The first-order chi connectivity index (χ1) is 19.0. The van der Waals surface area contributed by atoms with Crippen molar-refractivity contribution in [1.29, 1.82) is 0 Å². The Kier molecular flexibility index (Phi) is 8.08. The molecule has 11 heteroatoms. The highest BCUT2D eigenvalue weighted by Crippen LogP contribution is 2.36. The van der Waals surface area contributed by atoms with Gasteiger partial charge >= 0.3 is 0 Å². The van der Waals surface area contributed by atoms with E-state index >= 15 is 0 Å². The van der Waals surface area contributed by atoms with Crippen LogP contribution in [0.1, 0.15) is 30.2 Å². The molecular formula is C28H27N5O4S2. The number of carbonyl (C=O) groups excluding carboxylic acids is 3. The van der Waals surface area contributed by atoms with Crippen LogP contribution in [0.4, 0.5) is 11.4 Å². The minimum atomic E-state index is -0.869. The third kappa shape index (κ3) is 5.89. The molecule has 2 atom stereocenters. The minimum Gasteiger partial charge on any atom is -0.497 e. The number of hydrogen-bond donors (Lipinski definition) is 2. The van der Waals surface area contributed by atoms with Crippen LogP contribution in [-0.4, -0.2) is 52.0 Å². The number of carbonyl (C=O) groups is 3. The van der Waals surface area contributed by atoms with Crippen molar-refractivity contribution < 1.29 is 19.1 Å². The molecule has 3 amide bonds. The highest BCUT2D eigenvalue weighted by molar-refractivity contribution is 8.15. The maximum Gasteiger partial charge on any atom is 0.259 e. The fourth-order valence-electron chi connectivity index (χ4n) is 4.23. The molecular weight excluding hydrogens is 534 g/mol. The van der Waals surface area contributed by atoms with Gasteiger partial charge in [0.1, 0.15) is 17.6 Å². The average molecular weight is 562 g/mol. The molecule has 0 radical (unpaired) electrons. The van der Waals surface area contributed by atoms with Gasteiger partial charge in [-0.1, -0.05) is 43.0 Å². The third-order valence-electron chi connectivity index (χ3n) is 6.21. The monoisotopic (exact) mass is 561 g/mol. The van der Waals surface area contributed by atoms with E-state index in [4.69, 9.17) is 9.73 Å². The molecule has 2 N–H and O–H groups in total. The molecule has 0 spiro atoms. The van der Waals surface area contributed by atoms with E-state index in [0.29, 0.717) is 46.7 Å². The molecule has 2 aromatic carbocycles. The normalized spacial score (nSPS) is 16.5. The molecule has 5 rings (SSSR count). The predicted octanol–water partition coefficient (Wildman–Crippen LogP) is 4.57. The summed E-state index contributed by atoms with van der Waals surface area (Å²) >= 11 is 2.76. The Morgan fingerprint density at radius 1 is 1.15 bits per heavy atom. The molecule has 9 nitrogen and oxygen atoms in total. The highest BCUT2D eigenvalue weighted by atomic mass is 32.2. The number of rotatable bonds is 9. The summed E-state index contributed by atoms with van der Waals surface area (Å²) in [5, 5.41) is 7.58. The number of benzene rings is 2. The first-order valence-electron chi connectivity index (χ1n) is 12.5. The van der Waals surface area contributed by atoms with Crippen molar-refractivity contribution in [2.24, 2.45) is 9.98 Å². The summed E-state index contributed by atoms with van der Waals surface area (Å²) in [5.41, 5.74) is 1.99. The van der Waals surface area contributed by atoms with Gasteiger partial charge in [0.25, 0.3) is 5.91 Å². The number of nitrogens with zero attached hydrogens (tertiary/aromatic N) is 3. The fourth-order valence-corrected chi connectivity index (χ4v) is 5.90. The Hall–Kier alpha value is -3.96. The summed E-state index contributed by atoms with van der Waals surface area (Å²) in [6, 6.07) is 17.5. The third-order valence-corrected chi connectivity index (χ3v) is 8.41. The molecule has 0 fully saturated rings. The number of thioether (sulfide) groups is 1. The number of hydrogen-bond acceptors (Lipinski definition) is 8. The molecule has 3 heterocycles. The van der Waals surface area contributed by atoms with Crippen LogP contribution in [0.25, 0.3) is 0 Å². The number of anilines is 1. The van der Waals surface area contributed by atoms with Crippen molar-refractivity contribution in [2.75, 3.05) is 12.4 Å². The molecule has 0 saturated heterocycles. The first-order valence-corrected chi connectivity index (χ1v) is 14.2. The van der Waals surface area contributed by atoms with Gasteiger partial charge in [0.15, 0.2) is 5.17 Å². The largest absolute Gasteiger partial charge is 0.497 e. The van der Waals surface area contributed by atoms with Gasteiger partial charge in [0, 0.05) is 22.2 Å². The summed E-state index contributed by atoms with van der Waals surface area (Å²) < 4.78 is 5.25. The van der Waals surface area contributed by atoms with Crippen molar-refractivity contribution in [1.82, 2.24) is 10.2 Å². The van der Waals surface area contributed by atoms with E-state index < -0.39 is 11.3 Å². The summed E-state index contributed by atoms with van der Waals surface area (Å²) in [7, 11) is 1.57. The van der Waals surface area contributed by atoms with Gasteiger partial charge in [0.05, 0.1) is 31.0 Å². The molecule has 0 bridgehead atoms. The lowest BCUT2D eigenvalue weighted by atomic mass is 10.1. The Labute approximate surface area is 234 Å². The number of amides is 3. The second kappa shape index (κ2) is 11.8. The second-order valence-electron chi connectivity index (χ2n) is 8.85. The number of thiophene rings is 1. The van der Waals surface area contributed by atoms with E-state index in [0.717, 1.165) is 4.88 Å². The molecule has 2 aliphatic heterocycles. The predicted molar refractivity (Wildman–Crippen MR) is 155 cm³/mol. The van der Waals surface area contributed by atoms with Crippen LogP contribution in [0.15, 0.2) is 76.0 Å². The highest BCUT2D eigenvalue weighted by Gasteiger charge is 2.43. The number of aliphatic imine (C=N–C) groups is 2. The van der Waals surface area contributed by atoms with Crippen LogP contribution in [0.5, 0.6) is 5.75 Å². The Morgan fingerprint density at radius 2 is 2.00 bits per heavy atom. The number of ether oxygens (including phenoxy) is 1. The number of methoxy groups -OCH3 is 1. The molecule has 39 heavy (non-hydrogen) atoms. The van der Waals surface area contributed by atoms with Crippen LogP contribution in [0, 0.1) is 0 Å². The average Bonchev–Trinajstić information content (AvgIpc) is 3.59. The molecule has 200 valence electrons. The van der Waals surface area contributed by atoms with Crippen LogP contribution in [0.2, 0.25) is 0 Å². The van der Waals surface area contributed by atoms with Gasteiger partial charge in [-0.2, -0.15) is 0 Å². The maximum absolute atomic E-state index is 13.6. The van der Waals surface area contributed by atoms with E-state index in [1.807, 2.05) is 48.7 Å². The molecule has 1 aromatic heterocycles. The lowest BCUT2D eigenvalue weighted by molar-refractivity contribution is -0.128. The Morgan fingerprint density at radius 3 is 2.77 bits per heavy atom. The van der Waals surface area contributed by atoms with Crippen LogP contribution in [0.3, 0.4) is 0 Å². The van der Waals surface area contributed by atoms with Gasteiger partial charge in [-0.05, 0) is 42.1 Å². The van der Waals surface area contributed by atoms with E-state index in [2.05, 4.69) is 15.6 Å². The zero-order valence-corrected chi connectivity index (χ0v) is 23.1. The standard InChI is InChI=1S/C28H27N5O4S2/c1-3-23(26(35)30-17-8-6-9-18(14-17)37-2)39-28-32-21-12-5-4-11-20(21)25-31-22(27(36)33(25)28)15-24(34)29-16-19-10-7-13-38-19/h4-14,22-23H,3,15-16H2,1-2H3,(H,29,34)(H,30,35)/t22-,23+/m1/s1. The molecule has 0 unspecified atom stereocenters. The number of nitrogens with one attached hydrogen (secondary N) is 2. The zero-order valence-electron chi connectivity index (χ0n) is 21.4. The number of amidine groups is 2. The van der Waals surface area contributed by atoms with Gasteiger partial charge < -0.3 is 15.4 Å².